The fraction of sp³-hybridized carbons (Fsp3) is 0.0833. The van der Waals surface area contributed by atoms with Crippen LogP contribution in [0.3, 0.4) is 0 Å². The van der Waals surface area contributed by atoms with E-state index < -0.39 is 0 Å². The Bertz CT molecular complexity index is 514. The van der Waals surface area contributed by atoms with Crippen molar-refractivity contribution in [1.29, 1.82) is 0 Å². The van der Waals surface area contributed by atoms with Crippen LogP contribution in [0.2, 0.25) is 5.02 Å². The van der Waals surface area contributed by atoms with Crippen LogP contribution in [-0.2, 0) is 0 Å². The summed E-state index contributed by atoms with van der Waals surface area (Å²) >= 11 is 7.61. The number of anilines is 1. The summed E-state index contributed by atoms with van der Waals surface area (Å²) in [4.78, 5) is 5.26. The molecule has 2 rings (SSSR count). The van der Waals surface area contributed by atoms with E-state index in [2.05, 4.69) is 4.98 Å². The molecular formula is C12H11ClN2S. The van der Waals surface area contributed by atoms with Gasteiger partial charge >= 0.3 is 0 Å². The van der Waals surface area contributed by atoms with Crippen LogP contribution in [-0.4, -0.2) is 4.98 Å². The fourth-order valence-electron chi connectivity index (χ4n) is 1.24. The number of rotatable bonds is 2. The van der Waals surface area contributed by atoms with Gasteiger partial charge in [-0.05, 0) is 30.7 Å². The van der Waals surface area contributed by atoms with Gasteiger partial charge in [-0.15, -0.1) is 0 Å². The van der Waals surface area contributed by atoms with Crippen molar-refractivity contribution < 1.29 is 0 Å². The summed E-state index contributed by atoms with van der Waals surface area (Å²) in [5.41, 5.74) is 7.46. The van der Waals surface area contributed by atoms with Gasteiger partial charge in [0.15, 0.2) is 0 Å². The molecule has 0 saturated heterocycles. The first kappa shape index (κ1) is 11.3. The van der Waals surface area contributed by atoms with Crippen molar-refractivity contribution in [3.63, 3.8) is 0 Å². The summed E-state index contributed by atoms with van der Waals surface area (Å²) in [6.07, 6.45) is 1.68. The van der Waals surface area contributed by atoms with Crippen molar-refractivity contribution in [2.75, 3.05) is 5.73 Å². The number of nitrogens with two attached hydrogens (primary N) is 1. The highest BCUT2D eigenvalue weighted by Gasteiger charge is 2.04. The number of benzene rings is 1. The lowest BCUT2D eigenvalue weighted by molar-refractivity contribution is 1.11. The molecule has 1 aromatic heterocycles. The molecule has 0 aliphatic rings. The zero-order valence-electron chi connectivity index (χ0n) is 8.77. The zero-order chi connectivity index (χ0) is 11.5. The molecular weight excluding hydrogens is 240 g/mol. The Kier molecular flexibility index (Phi) is 3.36. The van der Waals surface area contributed by atoms with E-state index in [0.717, 1.165) is 20.5 Å². The summed E-state index contributed by atoms with van der Waals surface area (Å²) in [6, 6.07) is 9.67. The van der Waals surface area contributed by atoms with Gasteiger partial charge in [0.1, 0.15) is 5.03 Å². The normalized spacial score (nSPS) is 10.4. The van der Waals surface area contributed by atoms with Crippen molar-refractivity contribution in [2.24, 2.45) is 0 Å². The topological polar surface area (TPSA) is 38.9 Å². The van der Waals surface area contributed by atoms with Crippen molar-refractivity contribution in [1.82, 2.24) is 4.98 Å². The number of nitrogens with zero attached hydrogens (tertiary/aromatic N) is 1. The van der Waals surface area contributed by atoms with Gasteiger partial charge in [0.05, 0.1) is 16.9 Å². The van der Waals surface area contributed by atoms with Crippen molar-refractivity contribution in [2.45, 2.75) is 16.8 Å². The van der Waals surface area contributed by atoms with Gasteiger partial charge in [0.2, 0.25) is 0 Å². The van der Waals surface area contributed by atoms with Crippen LogP contribution < -0.4 is 5.73 Å². The molecule has 82 valence electrons. The summed E-state index contributed by atoms with van der Waals surface area (Å²) in [5, 5.41) is 1.64. The highest BCUT2D eigenvalue weighted by atomic mass is 35.5. The quantitative estimate of drug-likeness (QED) is 0.882. The zero-order valence-corrected chi connectivity index (χ0v) is 10.3. The van der Waals surface area contributed by atoms with E-state index in [1.165, 1.54) is 11.8 Å². The van der Waals surface area contributed by atoms with E-state index in [0.29, 0.717) is 5.69 Å². The fourth-order valence-corrected chi connectivity index (χ4v) is 2.37. The molecule has 0 unspecified atom stereocenters. The van der Waals surface area contributed by atoms with Gasteiger partial charge in [-0.3, -0.25) is 0 Å². The second-order valence-corrected chi connectivity index (χ2v) is 4.88. The van der Waals surface area contributed by atoms with E-state index in [1.54, 1.807) is 6.20 Å². The Balaban J connectivity index is 2.28. The minimum absolute atomic E-state index is 0.712. The molecule has 4 heteroatoms. The second-order valence-electron chi connectivity index (χ2n) is 3.41. The molecule has 2 aromatic rings. The van der Waals surface area contributed by atoms with E-state index in [9.17, 15) is 0 Å². The van der Waals surface area contributed by atoms with Gasteiger partial charge in [0, 0.05) is 4.90 Å². The van der Waals surface area contributed by atoms with Crippen molar-refractivity contribution in [3.05, 3.63) is 47.1 Å². The predicted molar refractivity (Wildman–Crippen MR) is 69.0 cm³/mol. The smallest absolute Gasteiger partial charge is 0.101 e. The molecule has 0 amide bonds. The highest BCUT2D eigenvalue weighted by Crippen LogP contribution is 2.32. The van der Waals surface area contributed by atoms with Crippen LogP contribution in [0.1, 0.15) is 5.56 Å². The van der Waals surface area contributed by atoms with Crippen molar-refractivity contribution in [3.8, 4) is 0 Å². The maximum atomic E-state index is 6.07. The standard InChI is InChI=1S/C12H11ClN2S/c1-8-6-12(15-7-10(8)14)16-11-5-3-2-4-9(11)13/h2-7H,14H2,1H3. The molecule has 2 nitrogen and oxygen atoms in total. The van der Waals surface area contributed by atoms with E-state index in [4.69, 9.17) is 17.3 Å². The van der Waals surface area contributed by atoms with E-state index >= 15 is 0 Å². The molecule has 0 aliphatic heterocycles. The first-order valence-corrected chi connectivity index (χ1v) is 6.01. The van der Waals surface area contributed by atoms with Gasteiger partial charge < -0.3 is 5.73 Å². The Morgan fingerprint density at radius 3 is 2.75 bits per heavy atom. The minimum Gasteiger partial charge on any atom is -0.397 e. The minimum atomic E-state index is 0.712. The molecule has 1 heterocycles. The molecule has 0 spiro atoms. The monoisotopic (exact) mass is 250 g/mol. The van der Waals surface area contributed by atoms with Gasteiger partial charge in [-0.1, -0.05) is 35.5 Å². The number of pyridine rings is 1. The van der Waals surface area contributed by atoms with Crippen LogP contribution in [0.5, 0.6) is 0 Å². The summed E-state index contributed by atoms with van der Waals surface area (Å²) < 4.78 is 0. The predicted octanol–water partition coefficient (Wildman–Crippen LogP) is 3.78. The molecule has 0 atom stereocenters. The molecule has 0 radical (unpaired) electrons. The maximum Gasteiger partial charge on any atom is 0.101 e. The Hall–Kier alpha value is -1.19. The Labute approximate surface area is 104 Å². The van der Waals surface area contributed by atoms with Crippen LogP contribution >= 0.6 is 23.4 Å². The third-order valence-corrected chi connectivity index (χ3v) is 3.63. The number of aromatic nitrogens is 1. The van der Waals surface area contributed by atoms with Gasteiger partial charge in [-0.2, -0.15) is 0 Å². The molecule has 16 heavy (non-hydrogen) atoms. The lowest BCUT2D eigenvalue weighted by atomic mass is 10.3. The molecule has 0 aliphatic carbocycles. The average Bonchev–Trinajstić information content (AvgIpc) is 2.27. The van der Waals surface area contributed by atoms with Crippen LogP contribution in [0.15, 0.2) is 46.5 Å². The number of hydrogen-bond donors (Lipinski definition) is 1. The van der Waals surface area contributed by atoms with Gasteiger partial charge in [-0.25, -0.2) is 4.98 Å². The lowest BCUT2D eigenvalue weighted by Gasteiger charge is -2.05. The number of aryl methyl sites for hydroxylation is 1. The largest absolute Gasteiger partial charge is 0.397 e. The summed E-state index contributed by atoms with van der Waals surface area (Å²) in [5.74, 6) is 0. The Morgan fingerprint density at radius 1 is 1.31 bits per heavy atom. The second kappa shape index (κ2) is 4.76. The first-order chi connectivity index (χ1) is 7.66. The third-order valence-electron chi connectivity index (χ3n) is 2.18. The Morgan fingerprint density at radius 2 is 2.06 bits per heavy atom. The number of nitrogen functional groups attached to an aromatic ring is 1. The average molecular weight is 251 g/mol. The number of halogens is 1. The molecule has 0 bridgehead atoms. The third kappa shape index (κ3) is 2.49. The SMILES string of the molecule is Cc1cc(Sc2ccccc2Cl)ncc1N. The number of hydrogen-bond acceptors (Lipinski definition) is 3. The van der Waals surface area contributed by atoms with Crippen LogP contribution in [0.4, 0.5) is 5.69 Å². The van der Waals surface area contributed by atoms with E-state index in [-0.39, 0.29) is 0 Å². The first-order valence-electron chi connectivity index (χ1n) is 4.81. The van der Waals surface area contributed by atoms with Crippen LogP contribution in [0, 0.1) is 6.92 Å². The highest BCUT2D eigenvalue weighted by molar-refractivity contribution is 7.99. The summed E-state index contributed by atoms with van der Waals surface area (Å²) in [7, 11) is 0. The van der Waals surface area contributed by atoms with E-state index in [1.807, 2.05) is 37.3 Å². The van der Waals surface area contributed by atoms with Gasteiger partial charge in [0.25, 0.3) is 0 Å². The van der Waals surface area contributed by atoms with Crippen molar-refractivity contribution >= 4 is 29.1 Å². The molecule has 0 fully saturated rings. The summed E-state index contributed by atoms with van der Waals surface area (Å²) in [6.45, 7) is 1.97. The molecule has 1 aromatic carbocycles. The lowest BCUT2D eigenvalue weighted by Crippen LogP contribution is -1.91. The van der Waals surface area contributed by atoms with Crippen LogP contribution in [0.25, 0.3) is 0 Å². The molecule has 2 N–H and O–H groups in total. The molecule has 0 saturated carbocycles. The maximum absolute atomic E-state index is 6.07.